The van der Waals surface area contributed by atoms with Crippen LogP contribution < -0.4 is 15.4 Å². The number of unbranched alkanes of at least 4 members (excludes halogenated alkanes) is 1. The van der Waals surface area contributed by atoms with Gasteiger partial charge in [0.1, 0.15) is 11.4 Å². The molecule has 1 aliphatic heterocycles. The fraction of sp³-hybridized carbons (Fsp3) is 0.552. The summed E-state index contributed by atoms with van der Waals surface area (Å²) in [6.07, 6.45) is 3.67. The van der Waals surface area contributed by atoms with Crippen molar-refractivity contribution in [2.75, 3.05) is 19.4 Å². The Hall–Kier alpha value is -2.10. The van der Waals surface area contributed by atoms with Crippen LogP contribution in [0, 0.1) is 0 Å². The van der Waals surface area contributed by atoms with Crippen molar-refractivity contribution < 1.29 is 23.4 Å². The molecular weight excluding hydrogens is 488 g/mol. The first-order valence-corrected chi connectivity index (χ1v) is 14.9. The maximum Gasteiger partial charge on any atom is 0.320 e. The van der Waals surface area contributed by atoms with Gasteiger partial charge in [-0.2, -0.15) is 10.6 Å². The molecule has 2 aromatic rings. The molecule has 0 saturated heterocycles. The third-order valence-electron chi connectivity index (χ3n) is 6.83. The highest BCUT2D eigenvalue weighted by molar-refractivity contribution is 8.24. The van der Waals surface area contributed by atoms with E-state index in [2.05, 4.69) is 36.6 Å². The summed E-state index contributed by atoms with van der Waals surface area (Å²) in [4.78, 5) is 12.7. The van der Waals surface area contributed by atoms with E-state index < -0.39 is 21.7 Å². The second kappa shape index (κ2) is 12.2. The minimum absolute atomic E-state index is 0.0396. The molecule has 0 fully saturated rings. The highest BCUT2D eigenvalue weighted by Gasteiger charge is 2.42. The molecular formula is C29H44N2O5S. The Balaban J connectivity index is 2.03. The molecule has 0 saturated carbocycles. The lowest BCUT2D eigenvalue weighted by atomic mass is 9.88. The summed E-state index contributed by atoms with van der Waals surface area (Å²) < 4.78 is 34.4. The van der Waals surface area contributed by atoms with Crippen LogP contribution in [0.2, 0.25) is 0 Å². The van der Waals surface area contributed by atoms with Crippen LogP contribution in [0.1, 0.15) is 83.0 Å². The van der Waals surface area contributed by atoms with Crippen LogP contribution in [0.3, 0.4) is 0 Å². The third-order valence-corrected chi connectivity index (χ3v) is 8.84. The summed E-state index contributed by atoms with van der Waals surface area (Å²) in [5, 5.41) is 6.98. The number of rotatable bonds is 10. The molecule has 8 heteroatoms. The molecule has 0 radical (unpaired) electrons. The minimum atomic E-state index is -3.12. The summed E-state index contributed by atoms with van der Waals surface area (Å²) in [6.45, 7) is 10.1. The van der Waals surface area contributed by atoms with Crippen molar-refractivity contribution in [2.45, 2.75) is 88.9 Å². The molecule has 2 aromatic carbocycles. The Morgan fingerprint density at radius 1 is 1.19 bits per heavy atom. The van der Waals surface area contributed by atoms with Gasteiger partial charge in [-0.25, -0.2) is 0 Å². The highest BCUT2D eigenvalue weighted by atomic mass is 32.3. The van der Waals surface area contributed by atoms with Gasteiger partial charge < -0.3 is 14.8 Å². The van der Waals surface area contributed by atoms with E-state index in [1.807, 2.05) is 51.1 Å². The molecule has 1 heterocycles. The zero-order valence-corrected chi connectivity index (χ0v) is 23.9. The number of hydrogen-bond donors (Lipinski definition) is 4. The van der Waals surface area contributed by atoms with Gasteiger partial charge in [0.15, 0.2) is 0 Å². The molecule has 7 nitrogen and oxygen atoms in total. The van der Waals surface area contributed by atoms with Gasteiger partial charge in [0.25, 0.3) is 0 Å². The van der Waals surface area contributed by atoms with Crippen molar-refractivity contribution in [3.8, 4) is 5.75 Å². The van der Waals surface area contributed by atoms with Crippen molar-refractivity contribution in [1.29, 1.82) is 0 Å². The fourth-order valence-electron chi connectivity index (χ4n) is 4.97. The van der Waals surface area contributed by atoms with Crippen molar-refractivity contribution in [3.63, 3.8) is 0 Å². The molecule has 0 bridgehead atoms. The topological polar surface area (TPSA) is 100 Å². The average molecular weight is 533 g/mol. The number of carbonyl (C=O) groups excluding carboxylic acids is 1. The number of methoxy groups -OCH3 is 1. The lowest BCUT2D eigenvalue weighted by Crippen LogP contribution is -2.49. The van der Waals surface area contributed by atoms with E-state index in [9.17, 15) is 13.9 Å². The standard InChI is InChI=1S/C29H44N2O5S/c1-7-9-15-29(8-2)20-37(33,34)25-16-22(18-30-19-26(32)36-28(3,4)5)24(35-6)17-23(25)27(31-29)21-13-11-10-12-14-21/h10-14,16-17,27,30-31,33-34H,7-9,15,18-20H2,1-6H3/t27-,29-/m1/s1. The quantitative estimate of drug-likeness (QED) is 0.268. The van der Waals surface area contributed by atoms with Crippen LogP contribution in [0.15, 0.2) is 47.4 Å². The Morgan fingerprint density at radius 2 is 1.89 bits per heavy atom. The molecule has 0 aliphatic carbocycles. The van der Waals surface area contributed by atoms with Crippen LogP contribution in [0.5, 0.6) is 5.75 Å². The summed E-state index contributed by atoms with van der Waals surface area (Å²) in [5.74, 6) is 0.539. The zero-order chi connectivity index (χ0) is 27.3. The number of ether oxygens (including phenoxy) is 2. The van der Waals surface area contributed by atoms with Gasteiger partial charge in [0, 0.05) is 23.2 Å². The zero-order valence-electron chi connectivity index (χ0n) is 23.1. The predicted molar refractivity (Wildman–Crippen MR) is 150 cm³/mol. The van der Waals surface area contributed by atoms with E-state index in [0.29, 0.717) is 17.2 Å². The first-order valence-electron chi connectivity index (χ1n) is 13.2. The lowest BCUT2D eigenvalue weighted by Gasteiger charge is -2.42. The van der Waals surface area contributed by atoms with Gasteiger partial charge >= 0.3 is 5.97 Å². The van der Waals surface area contributed by atoms with Crippen LogP contribution in [-0.4, -0.2) is 45.6 Å². The second-order valence-corrected chi connectivity index (χ2v) is 13.0. The highest BCUT2D eigenvalue weighted by Crippen LogP contribution is 2.58. The molecule has 0 amide bonds. The van der Waals surface area contributed by atoms with E-state index in [-0.39, 0.29) is 24.3 Å². The fourth-order valence-corrected chi connectivity index (χ4v) is 7.21. The number of nitrogens with one attached hydrogen (secondary N) is 2. The number of benzene rings is 2. The molecule has 3 rings (SSSR count). The second-order valence-electron chi connectivity index (χ2n) is 10.9. The predicted octanol–water partition coefficient (Wildman–Crippen LogP) is 6.27. The Morgan fingerprint density at radius 3 is 2.49 bits per heavy atom. The molecule has 2 atom stereocenters. The molecule has 37 heavy (non-hydrogen) atoms. The van der Waals surface area contributed by atoms with Gasteiger partial charge in [-0.1, -0.05) is 57.0 Å². The number of carbonyl (C=O) groups is 1. The van der Waals surface area contributed by atoms with Crippen molar-refractivity contribution in [2.24, 2.45) is 0 Å². The van der Waals surface area contributed by atoms with Gasteiger partial charge in [0.2, 0.25) is 0 Å². The average Bonchev–Trinajstić information content (AvgIpc) is 2.94. The van der Waals surface area contributed by atoms with Crippen LogP contribution in [-0.2, 0) is 16.1 Å². The lowest BCUT2D eigenvalue weighted by molar-refractivity contribution is -0.153. The molecule has 0 spiro atoms. The van der Waals surface area contributed by atoms with Crippen molar-refractivity contribution in [3.05, 3.63) is 59.2 Å². The first-order chi connectivity index (χ1) is 17.4. The Bertz CT molecular complexity index is 1050. The normalized spacial score (nSPS) is 22.0. The van der Waals surface area contributed by atoms with Gasteiger partial charge in [-0.3, -0.25) is 19.2 Å². The number of hydrogen-bond acceptors (Lipinski definition) is 7. The summed E-state index contributed by atoms with van der Waals surface area (Å²) >= 11 is 0. The monoisotopic (exact) mass is 532 g/mol. The molecule has 1 aliphatic rings. The molecule has 0 aromatic heterocycles. The van der Waals surface area contributed by atoms with Gasteiger partial charge in [-0.05, 0) is 51.3 Å². The van der Waals surface area contributed by atoms with Crippen molar-refractivity contribution in [1.82, 2.24) is 10.6 Å². The number of fused-ring (bicyclic) bond motifs is 1. The maximum absolute atomic E-state index is 12.2. The van der Waals surface area contributed by atoms with E-state index in [1.54, 1.807) is 7.11 Å². The summed E-state index contributed by atoms with van der Waals surface area (Å²) in [5.41, 5.74) is 1.66. The van der Waals surface area contributed by atoms with Gasteiger partial charge in [0.05, 0.1) is 30.3 Å². The van der Waals surface area contributed by atoms with Crippen LogP contribution in [0.25, 0.3) is 0 Å². The smallest absolute Gasteiger partial charge is 0.320 e. The van der Waals surface area contributed by atoms with Gasteiger partial charge in [-0.15, -0.1) is 0 Å². The largest absolute Gasteiger partial charge is 0.496 e. The summed E-state index contributed by atoms with van der Waals surface area (Å²) in [7, 11) is -1.51. The third kappa shape index (κ3) is 7.48. The van der Waals surface area contributed by atoms with Crippen molar-refractivity contribution >= 4 is 16.6 Å². The first kappa shape index (κ1) is 29.5. The molecule has 206 valence electrons. The van der Waals surface area contributed by atoms with Crippen LogP contribution in [0.4, 0.5) is 0 Å². The van der Waals surface area contributed by atoms with E-state index in [1.165, 1.54) is 0 Å². The van der Waals surface area contributed by atoms with E-state index >= 15 is 0 Å². The summed E-state index contributed by atoms with van der Waals surface area (Å²) in [6, 6.07) is 13.7. The maximum atomic E-state index is 12.2. The van der Waals surface area contributed by atoms with E-state index in [4.69, 9.17) is 9.47 Å². The van der Waals surface area contributed by atoms with Crippen LogP contribution >= 0.6 is 10.6 Å². The SMILES string of the molecule is CCCC[C@]1(CC)CS(O)(O)c2cc(CNCC(=O)OC(C)(C)C)c(OC)cc2[C@@H](c2ccccc2)N1. The minimum Gasteiger partial charge on any atom is -0.496 e. The Kier molecular flexibility index (Phi) is 9.69. The molecule has 4 N–H and O–H groups in total. The number of esters is 1. The molecule has 0 unspecified atom stereocenters. The Labute approximate surface area is 223 Å². The van der Waals surface area contributed by atoms with E-state index in [0.717, 1.165) is 42.4 Å².